The second-order valence-corrected chi connectivity index (χ2v) is 4.47. The number of aromatic nitrogens is 1. The molecule has 86 valence electrons. The van der Waals surface area contributed by atoms with Crippen molar-refractivity contribution in [1.29, 1.82) is 0 Å². The maximum absolute atomic E-state index is 4.18. The average Bonchev–Trinajstić information content (AvgIpc) is 2.69. The Morgan fingerprint density at radius 1 is 1.06 bits per heavy atom. The van der Waals surface area contributed by atoms with Gasteiger partial charge in [0.2, 0.25) is 0 Å². The Labute approximate surface area is 101 Å². The monoisotopic (exact) mass is 225 g/mol. The summed E-state index contributed by atoms with van der Waals surface area (Å²) < 4.78 is 0. The van der Waals surface area contributed by atoms with Gasteiger partial charge in [-0.1, -0.05) is 17.7 Å². The summed E-state index contributed by atoms with van der Waals surface area (Å²) in [7, 11) is 2.09. The van der Waals surface area contributed by atoms with Crippen molar-refractivity contribution in [2.45, 2.75) is 6.92 Å². The zero-order valence-corrected chi connectivity index (χ0v) is 10.1. The van der Waals surface area contributed by atoms with Crippen molar-refractivity contribution < 1.29 is 0 Å². The van der Waals surface area contributed by atoms with E-state index in [4.69, 9.17) is 0 Å². The first-order chi connectivity index (χ1) is 8.25. The molecule has 3 nitrogen and oxygen atoms in total. The molecule has 3 heteroatoms. The molecule has 0 atom stereocenters. The average molecular weight is 225 g/mol. The summed E-state index contributed by atoms with van der Waals surface area (Å²) in [6.45, 7) is 2.99. The fourth-order valence-corrected chi connectivity index (χ4v) is 2.21. The highest BCUT2D eigenvalue weighted by molar-refractivity contribution is 5.81. The molecule has 2 aromatic rings. The van der Waals surface area contributed by atoms with Crippen LogP contribution in [-0.2, 0) is 0 Å². The predicted molar refractivity (Wildman–Crippen MR) is 70.8 cm³/mol. The van der Waals surface area contributed by atoms with Crippen LogP contribution in [0.25, 0.3) is 0 Å². The first-order valence-corrected chi connectivity index (χ1v) is 5.75. The van der Waals surface area contributed by atoms with Crippen LogP contribution < -0.4 is 9.80 Å². The van der Waals surface area contributed by atoms with Crippen molar-refractivity contribution in [3.63, 3.8) is 0 Å². The van der Waals surface area contributed by atoms with E-state index in [2.05, 4.69) is 59.1 Å². The molecular formula is C14H15N3. The van der Waals surface area contributed by atoms with Gasteiger partial charge in [0.15, 0.2) is 0 Å². The van der Waals surface area contributed by atoms with Gasteiger partial charge in [0.05, 0.1) is 24.2 Å². The highest BCUT2D eigenvalue weighted by atomic mass is 15.4. The molecule has 0 bridgehead atoms. The summed E-state index contributed by atoms with van der Waals surface area (Å²) in [5.74, 6) is 0. The summed E-state index contributed by atoms with van der Waals surface area (Å²) in [5.41, 5.74) is 4.93. The van der Waals surface area contributed by atoms with E-state index in [1.807, 2.05) is 12.4 Å². The minimum absolute atomic E-state index is 0.879. The molecule has 0 aliphatic carbocycles. The van der Waals surface area contributed by atoms with Crippen molar-refractivity contribution in [1.82, 2.24) is 4.98 Å². The van der Waals surface area contributed by atoms with Gasteiger partial charge in [0, 0.05) is 18.9 Å². The SMILES string of the molecule is Cc1ccc(N2CN(C)c3cnccc32)cc1. The van der Waals surface area contributed by atoms with Crippen molar-refractivity contribution >= 4 is 17.1 Å². The Morgan fingerprint density at radius 2 is 1.82 bits per heavy atom. The molecule has 0 radical (unpaired) electrons. The molecule has 0 N–H and O–H groups in total. The first kappa shape index (κ1) is 10.1. The fourth-order valence-electron chi connectivity index (χ4n) is 2.21. The Hall–Kier alpha value is -2.03. The van der Waals surface area contributed by atoms with Gasteiger partial charge in [-0.2, -0.15) is 0 Å². The number of aryl methyl sites for hydroxylation is 1. The first-order valence-electron chi connectivity index (χ1n) is 5.75. The second-order valence-electron chi connectivity index (χ2n) is 4.47. The zero-order valence-electron chi connectivity index (χ0n) is 10.1. The normalized spacial score (nSPS) is 14.0. The van der Waals surface area contributed by atoms with Gasteiger partial charge in [-0.3, -0.25) is 4.98 Å². The third kappa shape index (κ3) is 1.64. The Kier molecular flexibility index (Phi) is 2.25. The summed E-state index contributed by atoms with van der Waals surface area (Å²) in [4.78, 5) is 8.69. The van der Waals surface area contributed by atoms with Crippen molar-refractivity contribution in [2.75, 3.05) is 23.5 Å². The van der Waals surface area contributed by atoms with Gasteiger partial charge in [0.25, 0.3) is 0 Å². The van der Waals surface area contributed by atoms with Crippen LogP contribution in [0, 0.1) is 6.92 Å². The molecule has 0 fully saturated rings. The summed E-state index contributed by atoms with van der Waals surface area (Å²) in [6.07, 6.45) is 3.77. The Morgan fingerprint density at radius 3 is 2.59 bits per heavy atom. The molecule has 0 spiro atoms. The number of pyridine rings is 1. The largest absolute Gasteiger partial charge is 0.354 e. The van der Waals surface area contributed by atoms with E-state index in [0.717, 1.165) is 6.67 Å². The quantitative estimate of drug-likeness (QED) is 0.744. The van der Waals surface area contributed by atoms with E-state index >= 15 is 0 Å². The number of hydrogen-bond donors (Lipinski definition) is 0. The molecule has 2 heterocycles. The third-order valence-corrected chi connectivity index (χ3v) is 3.18. The number of benzene rings is 1. The van der Waals surface area contributed by atoms with Crippen LogP contribution in [0.15, 0.2) is 42.7 Å². The van der Waals surface area contributed by atoms with E-state index in [9.17, 15) is 0 Å². The molecule has 0 amide bonds. The highest BCUT2D eigenvalue weighted by Gasteiger charge is 2.23. The summed E-state index contributed by atoms with van der Waals surface area (Å²) in [5, 5.41) is 0. The van der Waals surface area contributed by atoms with Gasteiger partial charge < -0.3 is 9.80 Å². The van der Waals surface area contributed by atoms with Gasteiger partial charge >= 0.3 is 0 Å². The number of anilines is 3. The van der Waals surface area contributed by atoms with E-state index in [-0.39, 0.29) is 0 Å². The molecule has 3 rings (SSSR count). The van der Waals surface area contributed by atoms with Gasteiger partial charge in [0.1, 0.15) is 0 Å². The standard InChI is InChI=1S/C14H15N3/c1-11-3-5-12(6-4-11)17-10-16(2)14-9-15-8-7-13(14)17/h3-9H,10H2,1-2H3. The van der Waals surface area contributed by atoms with Crippen LogP contribution >= 0.6 is 0 Å². The van der Waals surface area contributed by atoms with Crippen LogP contribution in [0.1, 0.15) is 5.56 Å². The molecule has 1 aliphatic heterocycles. The van der Waals surface area contributed by atoms with Crippen LogP contribution in [0.2, 0.25) is 0 Å². The second kappa shape index (κ2) is 3.77. The maximum Gasteiger partial charge on any atom is 0.0950 e. The lowest BCUT2D eigenvalue weighted by atomic mass is 10.2. The van der Waals surface area contributed by atoms with Crippen molar-refractivity contribution in [2.24, 2.45) is 0 Å². The molecule has 0 unspecified atom stereocenters. The van der Waals surface area contributed by atoms with Crippen LogP contribution in [-0.4, -0.2) is 18.7 Å². The van der Waals surface area contributed by atoms with Crippen molar-refractivity contribution in [3.8, 4) is 0 Å². The number of hydrogen-bond acceptors (Lipinski definition) is 3. The molecular weight excluding hydrogens is 210 g/mol. The molecule has 1 aliphatic rings. The maximum atomic E-state index is 4.18. The van der Waals surface area contributed by atoms with Crippen molar-refractivity contribution in [3.05, 3.63) is 48.3 Å². The minimum atomic E-state index is 0.879. The number of nitrogens with zero attached hydrogens (tertiary/aromatic N) is 3. The lowest BCUT2D eigenvalue weighted by Crippen LogP contribution is -2.23. The lowest BCUT2D eigenvalue weighted by molar-refractivity contribution is 0.948. The molecule has 1 aromatic heterocycles. The van der Waals surface area contributed by atoms with E-state index in [1.165, 1.54) is 22.6 Å². The van der Waals surface area contributed by atoms with Gasteiger partial charge in [-0.05, 0) is 25.1 Å². The van der Waals surface area contributed by atoms with Gasteiger partial charge in [-0.15, -0.1) is 0 Å². The fraction of sp³-hybridized carbons (Fsp3) is 0.214. The van der Waals surface area contributed by atoms with Crippen LogP contribution in [0.5, 0.6) is 0 Å². The predicted octanol–water partition coefficient (Wildman–Crippen LogP) is 2.94. The van der Waals surface area contributed by atoms with E-state index in [1.54, 1.807) is 0 Å². The summed E-state index contributed by atoms with van der Waals surface area (Å²) in [6, 6.07) is 10.7. The Bertz CT molecular complexity index is 533. The highest BCUT2D eigenvalue weighted by Crippen LogP contribution is 2.38. The zero-order chi connectivity index (χ0) is 11.8. The third-order valence-electron chi connectivity index (χ3n) is 3.18. The number of rotatable bonds is 1. The summed E-state index contributed by atoms with van der Waals surface area (Å²) >= 11 is 0. The minimum Gasteiger partial charge on any atom is -0.354 e. The van der Waals surface area contributed by atoms with E-state index in [0.29, 0.717) is 0 Å². The van der Waals surface area contributed by atoms with Crippen LogP contribution in [0.3, 0.4) is 0 Å². The molecule has 0 saturated heterocycles. The Balaban J connectivity index is 2.04. The smallest absolute Gasteiger partial charge is 0.0950 e. The number of fused-ring (bicyclic) bond motifs is 1. The molecule has 17 heavy (non-hydrogen) atoms. The topological polar surface area (TPSA) is 19.4 Å². The molecule has 1 aromatic carbocycles. The van der Waals surface area contributed by atoms with Crippen LogP contribution in [0.4, 0.5) is 17.1 Å². The van der Waals surface area contributed by atoms with E-state index < -0.39 is 0 Å². The van der Waals surface area contributed by atoms with Gasteiger partial charge in [-0.25, -0.2) is 0 Å². The molecule has 0 saturated carbocycles. The lowest BCUT2D eigenvalue weighted by Gasteiger charge is -2.19.